The molecule has 0 atom stereocenters. The summed E-state index contributed by atoms with van der Waals surface area (Å²) >= 11 is 3.27. The van der Waals surface area contributed by atoms with Crippen molar-refractivity contribution in [2.24, 2.45) is 7.05 Å². The van der Waals surface area contributed by atoms with Gasteiger partial charge in [-0.15, -0.1) is 0 Å². The molecule has 24 heavy (non-hydrogen) atoms. The maximum absolute atomic E-state index is 12.3. The van der Waals surface area contributed by atoms with Gasteiger partial charge in [-0.25, -0.2) is 4.98 Å². The van der Waals surface area contributed by atoms with E-state index in [4.69, 9.17) is 0 Å². The Morgan fingerprint density at radius 3 is 2.71 bits per heavy atom. The summed E-state index contributed by atoms with van der Waals surface area (Å²) in [5.74, 6) is -1.27. The zero-order chi connectivity index (χ0) is 17.3. The van der Waals surface area contributed by atoms with Crippen LogP contribution < -0.4 is 5.32 Å². The zero-order valence-electron chi connectivity index (χ0n) is 13.0. The van der Waals surface area contributed by atoms with E-state index in [2.05, 4.69) is 26.2 Å². The van der Waals surface area contributed by atoms with E-state index in [0.717, 1.165) is 10.6 Å². The first-order valence-electron chi connectivity index (χ1n) is 7.35. The number of rotatable bonds is 5. The molecule has 0 saturated heterocycles. The smallest absolute Gasteiger partial charge is 0.262 e. The van der Waals surface area contributed by atoms with Gasteiger partial charge in [-0.1, -0.05) is 15.9 Å². The van der Waals surface area contributed by atoms with E-state index in [1.807, 2.05) is 17.8 Å². The SMILES string of the molecule is Cn1cnc(CCNC(=O)CN2C(=O)c3ccc(Br)cc3C2=O)c1. The first kappa shape index (κ1) is 16.4. The Balaban J connectivity index is 1.57. The predicted molar refractivity (Wildman–Crippen MR) is 89.4 cm³/mol. The molecule has 0 saturated carbocycles. The normalized spacial score (nSPS) is 13.3. The van der Waals surface area contributed by atoms with Gasteiger partial charge in [0.05, 0.1) is 23.1 Å². The molecule has 1 aromatic carbocycles. The molecular weight excluding hydrogens is 376 g/mol. The molecule has 0 radical (unpaired) electrons. The number of imide groups is 1. The molecule has 1 N–H and O–H groups in total. The van der Waals surface area contributed by atoms with Crippen LogP contribution in [0.25, 0.3) is 0 Å². The van der Waals surface area contributed by atoms with E-state index in [-0.39, 0.29) is 12.5 Å². The molecule has 0 fully saturated rings. The van der Waals surface area contributed by atoms with Gasteiger partial charge in [0.15, 0.2) is 0 Å². The highest BCUT2D eigenvalue weighted by Crippen LogP contribution is 2.25. The molecule has 0 bridgehead atoms. The molecule has 1 aromatic heterocycles. The molecule has 0 unspecified atom stereocenters. The highest BCUT2D eigenvalue weighted by molar-refractivity contribution is 9.10. The van der Waals surface area contributed by atoms with Crippen molar-refractivity contribution in [1.82, 2.24) is 19.8 Å². The van der Waals surface area contributed by atoms with Gasteiger partial charge in [-0.2, -0.15) is 0 Å². The van der Waals surface area contributed by atoms with Crippen LogP contribution in [0.4, 0.5) is 0 Å². The molecule has 1 aliphatic heterocycles. The monoisotopic (exact) mass is 390 g/mol. The second-order valence-electron chi connectivity index (χ2n) is 5.52. The van der Waals surface area contributed by atoms with E-state index in [1.54, 1.807) is 24.5 Å². The fourth-order valence-corrected chi connectivity index (χ4v) is 2.89. The van der Waals surface area contributed by atoms with Crippen LogP contribution in [0.1, 0.15) is 26.4 Å². The summed E-state index contributed by atoms with van der Waals surface area (Å²) in [7, 11) is 1.87. The number of nitrogens with one attached hydrogen (secondary N) is 1. The second-order valence-corrected chi connectivity index (χ2v) is 6.43. The van der Waals surface area contributed by atoms with E-state index >= 15 is 0 Å². The summed E-state index contributed by atoms with van der Waals surface area (Å²) in [6, 6.07) is 4.87. The van der Waals surface area contributed by atoms with Crippen molar-refractivity contribution in [2.45, 2.75) is 6.42 Å². The molecule has 2 heterocycles. The van der Waals surface area contributed by atoms with Crippen molar-refractivity contribution in [2.75, 3.05) is 13.1 Å². The van der Waals surface area contributed by atoms with Crippen molar-refractivity contribution >= 4 is 33.7 Å². The second kappa shape index (κ2) is 6.56. The van der Waals surface area contributed by atoms with Crippen LogP contribution in [-0.4, -0.2) is 45.3 Å². The minimum atomic E-state index is -0.448. The summed E-state index contributed by atoms with van der Waals surface area (Å²) in [6.45, 7) is 0.108. The first-order chi connectivity index (χ1) is 11.5. The predicted octanol–water partition coefficient (Wildman–Crippen LogP) is 1.14. The molecular formula is C16H15BrN4O3. The van der Waals surface area contributed by atoms with E-state index in [9.17, 15) is 14.4 Å². The zero-order valence-corrected chi connectivity index (χ0v) is 14.5. The first-order valence-corrected chi connectivity index (χ1v) is 8.14. The highest BCUT2D eigenvalue weighted by Gasteiger charge is 2.36. The van der Waals surface area contributed by atoms with Crippen molar-refractivity contribution in [3.63, 3.8) is 0 Å². The van der Waals surface area contributed by atoms with Gasteiger partial charge in [0.1, 0.15) is 6.54 Å². The highest BCUT2D eigenvalue weighted by atomic mass is 79.9. The Kier molecular flexibility index (Phi) is 4.48. The van der Waals surface area contributed by atoms with Gasteiger partial charge in [0.2, 0.25) is 5.91 Å². The van der Waals surface area contributed by atoms with Gasteiger partial charge in [0, 0.05) is 30.7 Å². The Morgan fingerprint density at radius 1 is 1.25 bits per heavy atom. The Morgan fingerprint density at radius 2 is 2.00 bits per heavy atom. The van der Waals surface area contributed by atoms with Crippen LogP contribution in [0, 0.1) is 0 Å². The van der Waals surface area contributed by atoms with Crippen LogP contribution in [0.5, 0.6) is 0 Å². The summed E-state index contributed by atoms with van der Waals surface area (Å²) in [5, 5.41) is 2.70. The molecule has 3 amide bonds. The van der Waals surface area contributed by atoms with E-state index < -0.39 is 11.8 Å². The Labute approximate surface area is 146 Å². The van der Waals surface area contributed by atoms with Crippen molar-refractivity contribution in [1.29, 1.82) is 0 Å². The fourth-order valence-electron chi connectivity index (χ4n) is 2.53. The van der Waals surface area contributed by atoms with Crippen LogP contribution in [0.3, 0.4) is 0 Å². The van der Waals surface area contributed by atoms with E-state index in [1.165, 1.54) is 0 Å². The summed E-state index contributed by atoms with van der Waals surface area (Å²) < 4.78 is 2.54. The van der Waals surface area contributed by atoms with Crippen molar-refractivity contribution in [3.8, 4) is 0 Å². The number of aryl methyl sites for hydroxylation is 1. The molecule has 7 nitrogen and oxygen atoms in total. The summed E-state index contributed by atoms with van der Waals surface area (Å²) in [5.41, 5.74) is 1.50. The van der Waals surface area contributed by atoms with Gasteiger partial charge in [0.25, 0.3) is 11.8 Å². The van der Waals surface area contributed by atoms with Crippen LogP contribution in [-0.2, 0) is 18.3 Å². The largest absolute Gasteiger partial charge is 0.354 e. The maximum Gasteiger partial charge on any atom is 0.262 e. The fraction of sp³-hybridized carbons (Fsp3) is 0.250. The van der Waals surface area contributed by atoms with E-state index in [0.29, 0.717) is 28.6 Å². The number of carbonyl (C=O) groups is 3. The molecule has 2 aromatic rings. The minimum Gasteiger partial charge on any atom is -0.354 e. The number of halogens is 1. The lowest BCUT2D eigenvalue weighted by molar-refractivity contribution is -0.121. The standard InChI is InChI=1S/C16H15BrN4O3/c1-20-7-11(19-9-20)4-5-18-14(22)8-21-15(23)12-3-2-10(17)6-13(12)16(21)24/h2-3,6-7,9H,4-5,8H2,1H3,(H,18,22). The van der Waals surface area contributed by atoms with Gasteiger partial charge in [-0.3, -0.25) is 19.3 Å². The number of carbonyl (C=O) groups excluding carboxylic acids is 3. The summed E-state index contributed by atoms with van der Waals surface area (Å²) in [4.78, 5) is 41.7. The van der Waals surface area contributed by atoms with Crippen molar-refractivity contribution in [3.05, 3.63) is 52.0 Å². The Bertz CT molecular complexity index is 830. The minimum absolute atomic E-state index is 0.286. The van der Waals surface area contributed by atoms with Crippen LogP contribution >= 0.6 is 15.9 Å². The van der Waals surface area contributed by atoms with Gasteiger partial charge < -0.3 is 9.88 Å². The molecule has 0 spiro atoms. The number of nitrogens with zero attached hydrogens (tertiary/aromatic N) is 3. The third-order valence-electron chi connectivity index (χ3n) is 3.70. The number of imidazole rings is 1. The lowest BCUT2D eigenvalue weighted by Gasteiger charge is -2.13. The Hall–Kier alpha value is -2.48. The molecule has 1 aliphatic rings. The number of hydrogen-bond donors (Lipinski definition) is 1. The van der Waals surface area contributed by atoms with Gasteiger partial charge in [-0.05, 0) is 18.2 Å². The molecule has 8 heteroatoms. The van der Waals surface area contributed by atoms with Crippen LogP contribution in [0.15, 0.2) is 35.2 Å². The lowest BCUT2D eigenvalue weighted by atomic mass is 10.1. The van der Waals surface area contributed by atoms with Gasteiger partial charge >= 0.3 is 0 Å². The summed E-state index contributed by atoms with van der Waals surface area (Å²) in [6.07, 6.45) is 4.14. The third-order valence-corrected chi connectivity index (χ3v) is 4.19. The number of benzene rings is 1. The average Bonchev–Trinajstić information content (AvgIpc) is 3.05. The quantitative estimate of drug-likeness (QED) is 0.775. The molecule has 124 valence electrons. The van der Waals surface area contributed by atoms with Crippen LogP contribution in [0.2, 0.25) is 0 Å². The molecule has 3 rings (SSSR count). The molecule has 0 aliphatic carbocycles. The number of fused-ring (bicyclic) bond motifs is 1. The third kappa shape index (κ3) is 3.23. The maximum atomic E-state index is 12.3. The number of aromatic nitrogens is 2. The number of hydrogen-bond acceptors (Lipinski definition) is 4. The average molecular weight is 391 g/mol. The number of amides is 3. The topological polar surface area (TPSA) is 84.3 Å². The van der Waals surface area contributed by atoms with Crippen molar-refractivity contribution < 1.29 is 14.4 Å². The lowest BCUT2D eigenvalue weighted by Crippen LogP contribution is -2.40.